The molecule has 32 heteroatoms. The van der Waals surface area contributed by atoms with Gasteiger partial charge in [-0.05, 0) is 39.2 Å². The van der Waals surface area contributed by atoms with Gasteiger partial charge >= 0.3 is 0 Å². The van der Waals surface area contributed by atoms with Gasteiger partial charge in [-0.1, -0.05) is 26.0 Å². The summed E-state index contributed by atoms with van der Waals surface area (Å²) in [5.74, 6) is -11.3. The molecule has 0 radical (unpaired) electrons. The fraction of sp³-hybridized carbons (Fsp3) is 0.574. The third-order valence-corrected chi connectivity index (χ3v) is 15.6. The summed E-state index contributed by atoms with van der Waals surface area (Å²) in [4.78, 5) is 157. The van der Waals surface area contributed by atoms with Gasteiger partial charge in [0.05, 0.1) is 101 Å². The first-order valence-corrected chi connectivity index (χ1v) is 30.2. The number of ketones is 3. The molecule has 0 spiro atoms. The third kappa shape index (κ3) is 19.4. The first-order chi connectivity index (χ1) is 44.1. The highest BCUT2D eigenvalue weighted by molar-refractivity contribution is 6.31. The van der Waals surface area contributed by atoms with E-state index in [1.807, 2.05) is 0 Å². The summed E-state index contributed by atoms with van der Waals surface area (Å²) in [5, 5.41) is 71.9. The minimum Gasteiger partial charge on any atom is -0.507 e. The van der Waals surface area contributed by atoms with Gasteiger partial charge in [-0.3, -0.25) is 62.4 Å². The molecule has 2 aromatic carbocycles. The van der Waals surface area contributed by atoms with E-state index in [2.05, 4.69) is 31.9 Å². The molecule has 510 valence electrons. The van der Waals surface area contributed by atoms with E-state index in [1.165, 1.54) is 46.1 Å². The molecule has 93 heavy (non-hydrogen) atoms. The molecule has 4 aliphatic rings. The molecule has 2 heterocycles. The van der Waals surface area contributed by atoms with Crippen molar-refractivity contribution in [1.82, 2.24) is 36.8 Å². The number of carbonyl (C=O) groups excluding carboxylic acids is 12. The summed E-state index contributed by atoms with van der Waals surface area (Å²) in [5.41, 5.74) is 0.748. The van der Waals surface area contributed by atoms with Gasteiger partial charge in [-0.2, -0.15) is 0 Å². The summed E-state index contributed by atoms with van der Waals surface area (Å²) >= 11 is 0. The number of amides is 9. The van der Waals surface area contributed by atoms with Crippen molar-refractivity contribution in [3.8, 4) is 17.2 Å². The number of aliphatic hydroxyl groups excluding tert-OH is 2. The molecular weight excluding hydrogens is 1230 g/mol. The number of nitrogens with one attached hydrogen (secondary N) is 6. The van der Waals surface area contributed by atoms with Crippen molar-refractivity contribution in [3.63, 3.8) is 0 Å². The number of fused-ring (bicyclic) bond motifs is 3. The molecular formula is C61H82N8O24. The molecule has 2 aliphatic heterocycles. The van der Waals surface area contributed by atoms with Crippen molar-refractivity contribution in [2.45, 2.75) is 140 Å². The first-order valence-electron chi connectivity index (χ1n) is 30.2. The van der Waals surface area contributed by atoms with Crippen LogP contribution in [0.3, 0.4) is 0 Å². The predicted molar refractivity (Wildman–Crippen MR) is 319 cm³/mol. The van der Waals surface area contributed by atoms with Crippen molar-refractivity contribution >= 4 is 70.5 Å². The SMILES string of the molecule is COc1cccc2c1C(=O)c1c(O)c3c(c(O)c1C2=O)C[C@@](O)(C(=O)CO)C[C@@H]3O[C@H]1C[C@H](NC(=O)C(CC(C)C)NC(=O)[C@@H](CC(N)=O)NC(=O)[C@@H](C)NC(=O)[C@@H](C)NC(=O)CCOCCOCCOCCOCCNC(=O)CCN2C(=O)C=CC2=O)[C@H](O)[C@H](C)O1. The standard InChI is InChI=1S/C61H82N8O24/c1-30(2)24-37(59(84)66-36-26-47(92-33(5)52(36)77)93-40-28-61(86,41(71)29-70)27-35-49(40)56(81)51-50(54(35)79)53(78)34-8-7-9-39(87-6)48(34)55(51)80)68-60(85)38(25-42(62)72)67-58(83)32(4)65-57(82)31(3)64-44(74)13-16-88-18-20-90-22-23-91-21-19-89-17-14-63-43(73)12-15-69-45(75)10-11-46(69)76/h7-11,30-33,36-38,40,47,52,70,77,79,81,86H,12-29H2,1-6H3,(H2,62,72)(H,63,73)(H,64,74)(H,65,82)(H,66,84)(H,67,83)(H,68,85)/t31-,32-,33+,36+,37?,38-,40+,47+,52-,61+/m1/s1. The quantitative estimate of drug-likeness (QED) is 0.0156. The second kappa shape index (κ2) is 34.0. The molecule has 13 N–H and O–H groups in total. The predicted octanol–water partition coefficient (Wildman–Crippen LogP) is -3.05. The number of Topliss-reactive ketones (excluding diaryl/α,β-unsaturated/α-hetero) is 1. The highest BCUT2D eigenvalue weighted by Gasteiger charge is 2.51. The molecule has 0 aromatic heterocycles. The highest BCUT2D eigenvalue weighted by Crippen LogP contribution is 2.52. The Morgan fingerprint density at radius 3 is 1.94 bits per heavy atom. The van der Waals surface area contributed by atoms with Crippen molar-refractivity contribution in [1.29, 1.82) is 0 Å². The number of imide groups is 1. The van der Waals surface area contributed by atoms with Gasteiger partial charge in [0, 0.05) is 74.0 Å². The van der Waals surface area contributed by atoms with Gasteiger partial charge in [0.2, 0.25) is 47.1 Å². The van der Waals surface area contributed by atoms with Gasteiger partial charge in [0.25, 0.3) is 11.8 Å². The minimum absolute atomic E-state index is 0.00838. The second-order valence-corrected chi connectivity index (χ2v) is 23.0. The Morgan fingerprint density at radius 2 is 1.32 bits per heavy atom. The summed E-state index contributed by atoms with van der Waals surface area (Å²) in [6.07, 6.45) is -6.18. The van der Waals surface area contributed by atoms with Gasteiger partial charge in [0.1, 0.15) is 59.7 Å². The third-order valence-electron chi connectivity index (χ3n) is 15.6. The first kappa shape index (κ1) is 73.7. The van der Waals surface area contributed by atoms with Gasteiger partial charge in [-0.25, -0.2) is 0 Å². The Kier molecular flexibility index (Phi) is 26.9. The number of nitrogens with two attached hydrogens (primary N) is 1. The van der Waals surface area contributed by atoms with Crippen LogP contribution in [0.25, 0.3) is 0 Å². The summed E-state index contributed by atoms with van der Waals surface area (Å²) in [6, 6.07) is -2.66. The second-order valence-electron chi connectivity index (χ2n) is 23.0. The number of carbonyl (C=O) groups is 12. The molecule has 10 atom stereocenters. The summed E-state index contributed by atoms with van der Waals surface area (Å²) in [7, 11) is 1.26. The van der Waals surface area contributed by atoms with E-state index in [0.29, 0.717) is 0 Å². The number of phenols is 2. The molecule has 0 saturated carbocycles. The van der Waals surface area contributed by atoms with Crippen molar-refractivity contribution in [2.24, 2.45) is 11.7 Å². The number of rotatable bonds is 36. The number of aromatic hydroxyl groups is 2. The lowest BCUT2D eigenvalue weighted by Crippen LogP contribution is -2.61. The van der Waals surface area contributed by atoms with Crippen LogP contribution >= 0.6 is 0 Å². The van der Waals surface area contributed by atoms with E-state index in [1.54, 1.807) is 13.8 Å². The molecule has 2 aliphatic carbocycles. The van der Waals surface area contributed by atoms with E-state index in [-0.39, 0.29) is 131 Å². The van der Waals surface area contributed by atoms with Crippen LogP contribution in [0, 0.1) is 5.92 Å². The van der Waals surface area contributed by atoms with E-state index in [9.17, 15) is 83.1 Å². The number of primary amides is 1. The number of methoxy groups -OCH3 is 1. The Hall–Kier alpha value is -8.34. The van der Waals surface area contributed by atoms with Crippen LogP contribution in [0.15, 0.2) is 30.4 Å². The molecule has 1 saturated heterocycles. The number of benzene rings is 2. The van der Waals surface area contributed by atoms with Crippen LogP contribution in [0.4, 0.5) is 0 Å². The monoisotopic (exact) mass is 1310 g/mol. The van der Waals surface area contributed by atoms with Gasteiger partial charge < -0.3 is 96.3 Å². The van der Waals surface area contributed by atoms with E-state index in [0.717, 1.165) is 17.1 Å². The normalized spacial score (nSPS) is 21.1. The molecule has 1 unspecified atom stereocenters. The van der Waals surface area contributed by atoms with Crippen LogP contribution in [0.5, 0.6) is 17.2 Å². The minimum atomic E-state index is -2.48. The zero-order valence-corrected chi connectivity index (χ0v) is 52.4. The largest absolute Gasteiger partial charge is 0.507 e. The fourth-order valence-corrected chi connectivity index (χ4v) is 10.8. The number of hydrogen-bond donors (Lipinski definition) is 12. The lowest BCUT2D eigenvalue weighted by Gasteiger charge is -2.43. The number of phenolic OH excluding ortho intramolecular Hbond substituents is 2. The summed E-state index contributed by atoms with van der Waals surface area (Å²) in [6.45, 7) is 8.14. The molecule has 9 amide bonds. The fourth-order valence-electron chi connectivity index (χ4n) is 10.8. The van der Waals surface area contributed by atoms with Gasteiger partial charge in [0.15, 0.2) is 17.9 Å². The van der Waals surface area contributed by atoms with Gasteiger partial charge in [-0.15, -0.1) is 0 Å². The van der Waals surface area contributed by atoms with E-state index in [4.69, 9.17) is 38.9 Å². The number of hydrogen-bond acceptors (Lipinski definition) is 24. The zero-order valence-electron chi connectivity index (χ0n) is 52.4. The Bertz CT molecular complexity index is 3160. The number of aliphatic hydroxyl groups is 3. The highest BCUT2D eigenvalue weighted by atomic mass is 16.7. The van der Waals surface area contributed by atoms with Crippen LogP contribution in [-0.2, 0) is 82.8 Å². The molecule has 2 aromatic rings. The number of ether oxygens (including phenoxy) is 7. The molecule has 32 nitrogen and oxygen atoms in total. The van der Waals surface area contributed by atoms with Crippen molar-refractivity contribution < 1.29 is 116 Å². The van der Waals surface area contributed by atoms with E-state index >= 15 is 0 Å². The maximum absolute atomic E-state index is 14.2. The molecule has 1 fully saturated rings. The maximum Gasteiger partial charge on any atom is 0.253 e. The topological polar surface area (TPSA) is 472 Å². The number of nitrogens with zero attached hydrogens (tertiary/aromatic N) is 1. The summed E-state index contributed by atoms with van der Waals surface area (Å²) < 4.78 is 39.3. The average molecular weight is 1310 g/mol. The van der Waals surface area contributed by atoms with E-state index < -0.39 is 174 Å². The lowest BCUT2D eigenvalue weighted by atomic mass is 9.72. The van der Waals surface area contributed by atoms with Crippen molar-refractivity contribution in [2.75, 3.05) is 79.7 Å². The maximum atomic E-state index is 14.2. The van der Waals surface area contributed by atoms with Crippen LogP contribution < -0.4 is 42.4 Å². The molecule has 0 bridgehead atoms. The Morgan fingerprint density at radius 1 is 0.731 bits per heavy atom. The Labute approximate surface area is 534 Å². The Balaban J connectivity index is 0.948. The zero-order chi connectivity index (χ0) is 68.4. The average Bonchev–Trinajstić information content (AvgIpc) is 0.963. The van der Waals surface area contributed by atoms with Crippen LogP contribution in [0.1, 0.15) is 122 Å². The molecule has 6 rings (SSSR count). The van der Waals surface area contributed by atoms with Crippen molar-refractivity contribution in [3.05, 3.63) is 63.7 Å². The smallest absolute Gasteiger partial charge is 0.253 e. The lowest BCUT2D eigenvalue weighted by molar-refractivity contribution is -0.249. The van der Waals surface area contributed by atoms with Crippen LogP contribution in [0.2, 0.25) is 0 Å². The van der Waals surface area contributed by atoms with Crippen LogP contribution in [-0.4, -0.2) is 235 Å².